The van der Waals surface area contributed by atoms with Crippen LogP contribution in [0.3, 0.4) is 0 Å². The van der Waals surface area contributed by atoms with Crippen LogP contribution in [0.5, 0.6) is 0 Å². The largest absolute Gasteiger partial charge is 0.299 e. The van der Waals surface area contributed by atoms with E-state index in [1.165, 1.54) is 11.3 Å². The minimum absolute atomic E-state index is 0.0137. The maximum Gasteiger partial charge on any atom is 0.151 e. The number of aromatic nitrogens is 1. The Kier molecular flexibility index (Phi) is 3.36. The van der Waals surface area contributed by atoms with Crippen LogP contribution in [-0.2, 0) is 21.1 Å². The molecule has 1 fully saturated rings. The molecule has 4 nitrogen and oxygen atoms in total. The molecule has 94 valence electrons. The Hall–Kier alpha value is -0.750. The second kappa shape index (κ2) is 4.49. The highest BCUT2D eigenvalue weighted by Gasteiger charge is 2.32. The van der Waals surface area contributed by atoms with Gasteiger partial charge < -0.3 is 0 Å². The van der Waals surface area contributed by atoms with Gasteiger partial charge in [0.15, 0.2) is 9.84 Å². The van der Waals surface area contributed by atoms with Crippen LogP contribution < -0.4 is 0 Å². The predicted molar refractivity (Wildman–Crippen MR) is 67.1 cm³/mol. The molecule has 1 aliphatic rings. The van der Waals surface area contributed by atoms with E-state index in [1.807, 2.05) is 13.8 Å². The van der Waals surface area contributed by atoms with E-state index < -0.39 is 9.84 Å². The minimum atomic E-state index is -2.97. The monoisotopic (exact) mass is 273 g/mol. The van der Waals surface area contributed by atoms with Crippen LogP contribution in [-0.4, -0.2) is 30.7 Å². The van der Waals surface area contributed by atoms with Gasteiger partial charge in [-0.15, -0.1) is 11.3 Å². The molecular weight excluding hydrogens is 258 g/mol. The van der Waals surface area contributed by atoms with Crippen molar-refractivity contribution in [3.8, 4) is 0 Å². The van der Waals surface area contributed by atoms with Gasteiger partial charge in [0.25, 0.3) is 0 Å². The fourth-order valence-corrected chi connectivity index (χ4v) is 4.68. The Labute approximate surface area is 105 Å². The SMILES string of the molecule is Cc1nc(CC(=O)C2CCS(=O)(=O)C2)sc1C. The van der Waals surface area contributed by atoms with Crippen molar-refractivity contribution in [2.24, 2.45) is 5.92 Å². The lowest BCUT2D eigenvalue weighted by molar-refractivity contribution is -0.121. The summed E-state index contributed by atoms with van der Waals surface area (Å²) in [4.78, 5) is 17.3. The highest BCUT2D eigenvalue weighted by atomic mass is 32.2. The third-order valence-corrected chi connectivity index (χ3v) is 5.93. The van der Waals surface area contributed by atoms with Crippen molar-refractivity contribution in [2.45, 2.75) is 26.7 Å². The molecule has 0 aromatic carbocycles. The number of rotatable bonds is 3. The average Bonchev–Trinajstić information content (AvgIpc) is 2.71. The number of Topliss-reactive ketones (excluding diaryl/α,β-unsaturated/α-hetero) is 1. The standard InChI is InChI=1S/C11H15NO3S2/c1-7-8(2)16-11(12-7)5-10(13)9-3-4-17(14,15)6-9/h9H,3-6H2,1-2H3. The number of ketones is 1. The van der Waals surface area contributed by atoms with Gasteiger partial charge in [0.05, 0.1) is 23.6 Å². The van der Waals surface area contributed by atoms with E-state index >= 15 is 0 Å². The summed E-state index contributed by atoms with van der Waals surface area (Å²) < 4.78 is 22.6. The van der Waals surface area contributed by atoms with Crippen molar-refractivity contribution in [3.63, 3.8) is 0 Å². The van der Waals surface area contributed by atoms with Crippen LogP contribution in [0, 0.1) is 19.8 Å². The molecule has 17 heavy (non-hydrogen) atoms. The molecular formula is C11H15NO3S2. The fourth-order valence-electron chi connectivity index (χ4n) is 1.96. The number of carbonyl (C=O) groups excluding carboxylic acids is 1. The lowest BCUT2D eigenvalue weighted by Gasteiger charge is -2.03. The molecule has 1 atom stereocenters. The summed E-state index contributed by atoms with van der Waals surface area (Å²) in [6.45, 7) is 3.89. The van der Waals surface area contributed by atoms with Crippen LogP contribution in [0.15, 0.2) is 0 Å². The number of hydrogen-bond donors (Lipinski definition) is 0. The van der Waals surface area contributed by atoms with Crippen LogP contribution >= 0.6 is 11.3 Å². The van der Waals surface area contributed by atoms with E-state index in [0.29, 0.717) is 6.42 Å². The van der Waals surface area contributed by atoms with Crippen LogP contribution in [0.1, 0.15) is 22.0 Å². The summed E-state index contributed by atoms with van der Waals surface area (Å²) in [5.74, 6) is -0.126. The van der Waals surface area contributed by atoms with E-state index in [4.69, 9.17) is 0 Å². The van der Waals surface area contributed by atoms with Gasteiger partial charge in [0.2, 0.25) is 0 Å². The van der Waals surface area contributed by atoms with Crippen LogP contribution in [0.25, 0.3) is 0 Å². The summed E-state index contributed by atoms with van der Waals surface area (Å²) in [6.07, 6.45) is 0.754. The van der Waals surface area contributed by atoms with Gasteiger partial charge in [0, 0.05) is 10.8 Å². The zero-order valence-corrected chi connectivity index (χ0v) is 11.5. The van der Waals surface area contributed by atoms with Crippen molar-refractivity contribution in [3.05, 3.63) is 15.6 Å². The quantitative estimate of drug-likeness (QED) is 0.833. The first-order valence-electron chi connectivity index (χ1n) is 5.53. The zero-order chi connectivity index (χ0) is 12.6. The normalized spacial score (nSPS) is 22.8. The molecule has 0 amide bonds. The van der Waals surface area contributed by atoms with Crippen molar-refractivity contribution in [1.29, 1.82) is 0 Å². The summed E-state index contributed by atoms with van der Waals surface area (Å²) in [5, 5.41) is 0.800. The molecule has 0 saturated carbocycles. The fraction of sp³-hybridized carbons (Fsp3) is 0.636. The first-order chi connectivity index (χ1) is 7.87. The number of aryl methyl sites for hydroxylation is 2. The molecule has 0 aliphatic carbocycles. The second-order valence-corrected chi connectivity index (χ2v) is 8.01. The molecule has 1 aromatic rings. The topological polar surface area (TPSA) is 64.1 Å². The van der Waals surface area contributed by atoms with Crippen molar-refractivity contribution >= 4 is 27.0 Å². The highest BCUT2D eigenvalue weighted by molar-refractivity contribution is 7.91. The van der Waals surface area contributed by atoms with Crippen molar-refractivity contribution in [1.82, 2.24) is 4.98 Å². The Morgan fingerprint density at radius 2 is 2.18 bits per heavy atom. The smallest absolute Gasteiger partial charge is 0.151 e. The third kappa shape index (κ3) is 2.93. The molecule has 1 saturated heterocycles. The van der Waals surface area contributed by atoms with Crippen LogP contribution in [0.4, 0.5) is 0 Å². The van der Waals surface area contributed by atoms with Gasteiger partial charge in [-0.1, -0.05) is 0 Å². The lowest BCUT2D eigenvalue weighted by Crippen LogP contribution is -2.18. The molecule has 1 aliphatic heterocycles. The van der Waals surface area contributed by atoms with Gasteiger partial charge in [0.1, 0.15) is 10.8 Å². The lowest BCUT2D eigenvalue weighted by atomic mass is 10.0. The molecule has 0 spiro atoms. The van der Waals surface area contributed by atoms with Crippen LogP contribution in [0.2, 0.25) is 0 Å². The van der Waals surface area contributed by atoms with E-state index in [1.54, 1.807) is 0 Å². The van der Waals surface area contributed by atoms with E-state index in [-0.39, 0.29) is 29.6 Å². The number of carbonyl (C=O) groups is 1. The van der Waals surface area contributed by atoms with Gasteiger partial charge in [-0.2, -0.15) is 0 Å². The number of sulfone groups is 1. The molecule has 0 radical (unpaired) electrons. The Bertz CT molecular complexity index is 526. The summed E-state index contributed by atoms with van der Waals surface area (Å²) in [5.41, 5.74) is 0.955. The number of thiazole rings is 1. The predicted octanol–water partition coefficient (Wildman–Crippen LogP) is 1.31. The summed E-state index contributed by atoms with van der Waals surface area (Å²) in [6, 6.07) is 0. The average molecular weight is 273 g/mol. The Balaban J connectivity index is 2.03. The maximum atomic E-state index is 11.9. The third-order valence-electron chi connectivity index (χ3n) is 3.09. The van der Waals surface area contributed by atoms with Crippen molar-refractivity contribution in [2.75, 3.05) is 11.5 Å². The van der Waals surface area contributed by atoms with E-state index in [2.05, 4.69) is 4.98 Å². The maximum absolute atomic E-state index is 11.9. The first kappa shape index (κ1) is 12.7. The zero-order valence-electron chi connectivity index (χ0n) is 9.89. The second-order valence-electron chi connectivity index (χ2n) is 4.49. The van der Waals surface area contributed by atoms with Gasteiger partial charge >= 0.3 is 0 Å². The molecule has 2 rings (SSSR count). The molecule has 6 heteroatoms. The van der Waals surface area contributed by atoms with Gasteiger partial charge in [-0.3, -0.25) is 4.79 Å². The molecule has 1 unspecified atom stereocenters. The number of nitrogens with zero attached hydrogens (tertiary/aromatic N) is 1. The summed E-state index contributed by atoms with van der Waals surface area (Å²) >= 11 is 1.52. The minimum Gasteiger partial charge on any atom is -0.299 e. The van der Waals surface area contributed by atoms with Crippen molar-refractivity contribution < 1.29 is 13.2 Å². The molecule has 0 N–H and O–H groups in total. The number of hydrogen-bond acceptors (Lipinski definition) is 5. The van der Waals surface area contributed by atoms with Gasteiger partial charge in [-0.05, 0) is 20.3 Å². The highest BCUT2D eigenvalue weighted by Crippen LogP contribution is 2.23. The van der Waals surface area contributed by atoms with Gasteiger partial charge in [-0.25, -0.2) is 13.4 Å². The van der Waals surface area contributed by atoms with E-state index in [0.717, 1.165) is 15.6 Å². The molecule has 0 bridgehead atoms. The first-order valence-corrected chi connectivity index (χ1v) is 8.17. The Morgan fingerprint density at radius 1 is 1.47 bits per heavy atom. The molecule has 2 heterocycles. The Morgan fingerprint density at radius 3 is 2.65 bits per heavy atom. The summed E-state index contributed by atoms with van der Waals surface area (Å²) in [7, 11) is -2.97. The van der Waals surface area contributed by atoms with E-state index in [9.17, 15) is 13.2 Å². The molecule has 1 aromatic heterocycles.